The van der Waals surface area contributed by atoms with Crippen molar-refractivity contribution in [2.45, 2.75) is 20.3 Å². The number of H-pyrrole nitrogens is 2. The van der Waals surface area contributed by atoms with E-state index in [1.54, 1.807) is 0 Å². The van der Waals surface area contributed by atoms with E-state index in [1.807, 2.05) is 30.3 Å². The van der Waals surface area contributed by atoms with Crippen molar-refractivity contribution in [1.82, 2.24) is 15.0 Å². The molecule has 3 rings (SSSR count). The van der Waals surface area contributed by atoms with Gasteiger partial charge in [0.15, 0.2) is 12.1 Å². The van der Waals surface area contributed by atoms with Crippen molar-refractivity contribution in [3.8, 4) is 11.5 Å². The van der Waals surface area contributed by atoms with Gasteiger partial charge in [-0.2, -0.15) is 0 Å². The Labute approximate surface area is 117 Å². The van der Waals surface area contributed by atoms with Crippen molar-refractivity contribution >= 4 is 17.2 Å². The van der Waals surface area contributed by atoms with Crippen LogP contribution in [0.3, 0.4) is 0 Å². The fraction of sp³-hybridized carbons (Fsp3) is 0.250. The van der Waals surface area contributed by atoms with Gasteiger partial charge in [-0.05, 0) is 24.5 Å². The monoisotopic (exact) mass is 267 g/mol. The fourth-order valence-corrected chi connectivity index (χ4v) is 2.41. The normalized spacial score (nSPS) is 11.3. The summed E-state index contributed by atoms with van der Waals surface area (Å²) in [7, 11) is 0. The second-order valence-electron chi connectivity index (χ2n) is 5.44. The summed E-state index contributed by atoms with van der Waals surface area (Å²) < 4.78 is 0. The number of aldehydes is 1. The molecule has 0 unspecified atom stereocenters. The fourth-order valence-electron chi connectivity index (χ4n) is 2.41. The van der Waals surface area contributed by atoms with Crippen LogP contribution in [0.5, 0.6) is 0 Å². The molecule has 20 heavy (non-hydrogen) atoms. The zero-order valence-corrected chi connectivity index (χ0v) is 11.6. The molecular formula is C16H17N3O. The number of fused-ring (bicyclic) bond motifs is 1. The Morgan fingerprint density at radius 1 is 1.25 bits per heavy atom. The molecule has 1 aromatic carbocycles. The van der Waals surface area contributed by atoms with Gasteiger partial charge in [0.1, 0.15) is 5.69 Å². The zero-order chi connectivity index (χ0) is 14.1. The molecule has 2 heterocycles. The Balaban J connectivity index is 2.05. The van der Waals surface area contributed by atoms with E-state index in [4.69, 9.17) is 0 Å². The Morgan fingerprint density at radius 2 is 2.05 bits per heavy atom. The third-order valence-corrected chi connectivity index (χ3v) is 3.32. The minimum Gasteiger partial charge on any atom is -0.352 e. The highest BCUT2D eigenvalue weighted by atomic mass is 16.1. The number of para-hydroxylation sites is 1. The molecule has 3 aromatic rings. The van der Waals surface area contributed by atoms with Gasteiger partial charge in [0.2, 0.25) is 0 Å². The van der Waals surface area contributed by atoms with Crippen molar-refractivity contribution in [2.24, 2.45) is 5.92 Å². The average Bonchev–Trinajstić information content (AvgIpc) is 3.00. The number of carbonyl (C=O) groups excluding carboxylic acids is 1. The first-order valence-electron chi connectivity index (χ1n) is 6.79. The van der Waals surface area contributed by atoms with Gasteiger partial charge in [-0.1, -0.05) is 32.0 Å². The highest BCUT2D eigenvalue weighted by molar-refractivity contribution is 5.85. The lowest BCUT2D eigenvalue weighted by atomic mass is 10.1. The van der Waals surface area contributed by atoms with Gasteiger partial charge >= 0.3 is 0 Å². The van der Waals surface area contributed by atoms with Crippen LogP contribution in [0.15, 0.2) is 30.3 Å². The summed E-state index contributed by atoms with van der Waals surface area (Å²) in [5.74, 6) is 1.20. The Bertz CT molecular complexity index is 719. The highest BCUT2D eigenvalue weighted by Crippen LogP contribution is 2.23. The minimum atomic E-state index is 0.477. The summed E-state index contributed by atoms with van der Waals surface area (Å²) in [6.07, 6.45) is 1.64. The number of hydrogen-bond donors (Lipinski definition) is 2. The third-order valence-electron chi connectivity index (χ3n) is 3.32. The maximum atomic E-state index is 11.1. The van der Waals surface area contributed by atoms with Crippen LogP contribution >= 0.6 is 0 Å². The van der Waals surface area contributed by atoms with E-state index >= 15 is 0 Å². The van der Waals surface area contributed by atoms with Gasteiger partial charge < -0.3 is 9.97 Å². The zero-order valence-electron chi connectivity index (χ0n) is 11.6. The van der Waals surface area contributed by atoms with Crippen LogP contribution in [0.4, 0.5) is 0 Å². The van der Waals surface area contributed by atoms with Crippen LogP contribution in [-0.2, 0) is 6.42 Å². The quantitative estimate of drug-likeness (QED) is 0.710. The number of carbonyl (C=O) groups is 1. The third kappa shape index (κ3) is 2.25. The van der Waals surface area contributed by atoms with Crippen LogP contribution in [-0.4, -0.2) is 21.2 Å². The number of rotatable bonds is 4. The SMILES string of the molecule is CC(C)Cc1[nH]c(-c2cc3ccccc3[nH]2)nc1C=O. The molecule has 4 nitrogen and oxygen atoms in total. The second-order valence-corrected chi connectivity index (χ2v) is 5.44. The summed E-state index contributed by atoms with van der Waals surface area (Å²) >= 11 is 0. The number of nitrogens with zero attached hydrogens (tertiary/aromatic N) is 1. The van der Waals surface area contributed by atoms with Crippen molar-refractivity contribution in [3.05, 3.63) is 41.7 Å². The molecule has 0 spiro atoms. The Morgan fingerprint density at radius 3 is 2.75 bits per heavy atom. The van der Waals surface area contributed by atoms with Crippen LogP contribution in [0.2, 0.25) is 0 Å². The van der Waals surface area contributed by atoms with Crippen molar-refractivity contribution in [2.75, 3.05) is 0 Å². The average molecular weight is 267 g/mol. The molecule has 0 amide bonds. The van der Waals surface area contributed by atoms with Gasteiger partial charge in [0.05, 0.1) is 5.69 Å². The lowest BCUT2D eigenvalue weighted by molar-refractivity contribution is 0.111. The van der Waals surface area contributed by atoms with E-state index < -0.39 is 0 Å². The molecule has 0 bridgehead atoms. The van der Waals surface area contributed by atoms with E-state index in [-0.39, 0.29) is 0 Å². The van der Waals surface area contributed by atoms with Crippen LogP contribution < -0.4 is 0 Å². The van der Waals surface area contributed by atoms with Crippen LogP contribution in [0.25, 0.3) is 22.4 Å². The smallest absolute Gasteiger partial charge is 0.170 e. The molecule has 0 aliphatic carbocycles. The van der Waals surface area contributed by atoms with Gasteiger partial charge in [-0.25, -0.2) is 4.98 Å². The summed E-state index contributed by atoms with van der Waals surface area (Å²) in [4.78, 5) is 22.1. The van der Waals surface area contributed by atoms with E-state index in [2.05, 4.69) is 28.8 Å². The summed E-state index contributed by atoms with van der Waals surface area (Å²) in [6.45, 7) is 4.25. The standard InChI is InChI=1S/C16H17N3O/c1-10(2)7-13-15(9-20)19-16(18-13)14-8-11-5-3-4-6-12(11)17-14/h3-6,8-10,17H,7H2,1-2H3,(H,18,19). The van der Waals surface area contributed by atoms with E-state index in [0.717, 1.165) is 40.8 Å². The highest BCUT2D eigenvalue weighted by Gasteiger charge is 2.13. The molecule has 0 aliphatic heterocycles. The van der Waals surface area contributed by atoms with Crippen molar-refractivity contribution in [3.63, 3.8) is 0 Å². The number of hydrogen-bond acceptors (Lipinski definition) is 2. The van der Waals surface area contributed by atoms with Gasteiger partial charge in [0, 0.05) is 16.6 Å². The maximum absolute atomic E-state index is 11.1. The van der Waals surface area contributed by atoms with E-state index in [9.17, 15) is 4.79 Å². The summed E-state index contributed by atoms with van der Waals surface area (Å²) in [6, 6.07) is 10.1. The number of benzene rings is 1. The second kappa shape index (κ2) is 4.96. The molecule has 0 atom stereocenters. The van der Waals surface area contributed by atoms with Gasteiger partial charge in [0.25, 0.3) is 0 Å². The van der Waals surface area contributed by atoms with Crippen molar-refractivity contribution in [1.29, 1.82) is 0 Å². The number of nitrogens with one attached hydrogen (secondary N) is 2. The number of aromatic nitrogens is 3. The molecule has 102 valence electrons. The molecule has 0 fully saturated rings. The molecule has 2 N–H and O–H groups in total. The Kier molecular flexibility index (Phi) is 3.14. The summed E-state index contributed by atoms with van der Waals surface area (Å²) in [5.41, 5.74) is 3.39. The predicted octanol–water partition coefficient (Wildman–Crippen LogP) is 3.57. The lowest BCUT2D eigenvalue weighted by Crippen LogP contribution is -1.98. The lowest BCUT2D eigenvalue weighted by Gasteiger charge is -2.01. The first kappa shape index (κ1) is 12.7. The van der Waals surface area contributed by atoms with Crippen LogP contribution in [0, 0.1) is 5.92 Å². The molecule has 0 aliphatic rings. The minimum absolute atomic E-state index is 0.477. The molecule has 4 heteroatoms. The summed E-state index contributed by atoms with van der Waals surface area (Å²) in [5, 5.41) is 1.14. The van der Waals surface area contributed by atoms with Gasteiger partial charge in [-0.3, -0.25) is 4.79 Å². The number of aromatic amines is 2. The first-order chi connectivity index (χ1) is 9.67. The van der Waals surface area contributed by atoms with Crippen molar-refractivity contribution < 1.29 is 4.79 Å². The molecule has 0 radical (unpaired) electrons. The molecule has 2 aromatic heterocycles. The Hall–Kier alpha value is -2.36. The van der Waals surface area contributed by atoms with E-state index in [1.165, 1.54) is 0 Å². The molecular weight excluding hydrogens is 250 g/mol. The maximum Gasteiger partial charge on any atom is 0.170 e. The van der Waals surface area contributed by atoms with Gasteiger partial charge in [-0.15, -0.1) is 0 Å². The molecule has 0 saturated carbocycles. The topological polar surface area (TPSA) is 61.5 Å². The first-order valence-corrected chi connectivity index (χ1v) is 6.79. The number of imidazole rings is 1. The van der Waals surface area contributed by atoms with Crippen LogP contribution in [0.1, 0.15) is 30.0 Å². The van der Waals surface area contributed by atoms with E-state index in [0.29, 0.717) is 11.6 Å². The predicted molar refractivity (Wildman–Crippen MR) is 79.8 cm³/mol. The molecule has 0 saturated heterocycles. The largest absolute Gasteiger partial charge is 0.352 e.